The minimum Gasteiger partial charge on any atom is -0.310 e. The molecule has 0 fully saturated rings. The van der Waals surface area contributed by atoms with Gasteiger partial charge in [-0.15, -0.1) is 6.58 Å². The number of aromatic nitrogens is 2. The Morgan fingerprint density at radius 2 is 2.17 bits per heavy atom. The van der Waals surface area contributed by atoms with Gasteiger partial charge >= 0.3 is 0 Å². The summed E-state index contributed by atoms with van der Waals surface area (Å²) in [6.45, 7) is 3.58. The van der Waals surface area contributed by atoms with Gasteiger partial charge in [0.25, 0.3) is 5.56 Å². The summed E-state index contributed by atoms with van der Waals surface area (Å²) in [7, 11) is 0. The smallest absolute Gasteiger partial charge is 0.257 e. The second-order valence-corrected chi connectivity index (χ2v) is 6.21. The largest absolute Gasteiger partial charge is 0.310 e. The van der Waals surface area contributed by atoms with Crippen LogP contribution in [0.25, 0.3) is 0 Å². The SMILES string of the molecule is C=CCSc1nc2c(c(=O)[nH]1)[C@@H](c1ccc(F)cc1F)CC(=O)N2. The van der Waals surface area contributed by atoms with Gasteiger partial charge in [0.15, 0.2) is 5.16 Å². The van der Waals surface area contributed by atoms with Gasteiger partial charge in [0.2, 0.25) is 5.91 Å². The average Bonchev–Trinajstić information content (AvgIpc) is 2.51. The fraction of sp³-hybridized carbons (Fsp3) is 0.188. The first kappa shape index (κ1) is 16.4. The molecule has 3 rings (SSSR count). The molecule has 0 bridgehead atoms. The Morgan fingerprint density at radius 1 is 1.38 bits per heavy atom. The number of amides is 1. The molecule has 8 heteroatoms. The molecule has 1 aliphatic rings. The Hall–Kier alpha value is -2.48. The fourth-order valence-corrected chi connectivity index (χ4v) is 3.20. The maximum atomic E-state index is 14.1. The zero-order valence-electron chi connectivity index (χ0n) is 12.4. The molecule has 5 nitrogen and oxygen atoms in total. The molecule has 1 aliphatic heterocycles. The summed E-state index contributed by atoms with van der Waals surface area (Å²) >= 11 is 1.25. The Morgan fingerprint density at radius 3 is 2.88 bits per heavy atom. The molecule has 2 N–H and O–H groups in total. The highest BCUT2D eigenvalue weighted by atomic mass is 32.2. The third-order valence-corrected chi connectivity index (χ3v) is 4.47. The van der Waals surface area contributed by atoms with Crippen molar-refractivity contribution in [3.05, 3.63) is 64.0 Å². The number of carbonyl (C=O) groups excluding carboxylic acids is 1. The number of carbonyl (C=O) groups is 1. The van der Waals surface area contributed by atoms with E-state index in [1.165, 1.54) is 17.8 Å². The average molecular weight is 349 g/mol. The van der Waals surface area contributed by atoms with Crippen molar-refractivity contribution in [3.63, 3.8) is 0 Å². The predicted molar refractivity (Wildman–Crippen MR) is 87.2 cm³/mol. The number of hydrogen-bond acceptors (Lipinski definition) is 4. The zero-order chi connectivity index (χ0) is 17.3. The van der Waals surface area contributed by atoms with Gasteiger partial charge in [-0.2, -0.15) is 0 Å². The van der Waals surface area contributed by atoms with Crippen molar-refractivity contribution in [2.24, 2.45) is 0 Å². The lowest BCUT2D eigenvalue weighted by Crippen LogP contribution is -2.31. The Bertz CT molecular complexity index is 882. The first-order valence-electron chi connectivity index (χ1n) is 7.12. The van der Waals surface area contributed by atoms with Crippen molar-refractivity contribution < 1.29 is 13.6 Å². The molecular weight excluding hydrogens is 336 g/mol. The number of thioether (sulfide) groups is 1. The summed E-state index contributed by atoms with van der Waals surface area (Å²) in [6, 6.07) is 3.08. The van der Waals surface area contributed by atoms with E-state index in [0.717, 1.165) is 12.1 Å². The van der Waals surface area contributed by atoms with E-state index in [2.05, 4.69) is 21.9 Å². The number of anilines is 1. The van der Waals surface area contributed by atoms with Crippen molar-refractivity contribution in [2.45, 2.75) is 17.5 Å². The van der Waals surface area contributed by atoms with Gasteiger partial charge in [-0.3, -0.25) is 9.59 Å². The number of nitrogens with one attached hydrogen (secondary N) is 2. The van der Waals surface area contributed by atoms with E-state index >= 15 is 0 Å². The van der Waals surface area contributed by atoms with E-state index in [1.54, 1.807) is 6.08 Å². The van der Waals surface area contributed by atoms with Crippen LogP contribution >= 0.6 is 11.8 Å². The van der Waals surface area contributed by atoms with Gasteiger partial charge in [0.1, 0.15) is 17.5 Å². The second-order valence-electron chi connectivity index (χ2n) is 5.20. The fourth-order valence-electron chi connectivity index (χ4n) is 2.61. The van der Waals surface area contributed by atoms with Crippen molar-refractivity contribution in [2.75, 3.05) is 11.1 Å². The molecule has 1 amide bonds. The van der Waals surface area contributed by atoms with Crippen molar-refractivity contribution in [1.29, 1.82) is 0 Å². The standard InChI is InChI=1S/C16H13F2N3O2S/c1-2-5-24-16-20-14-13(15(23)21-16)10(7-12(22)19-14)9-4-3-8(17)6-11(9)18/h2-4,6,10H,1,5,7H2,(H2,19,20,21,22,23)/t10-/m1/s1. The van der Waals surface area contributed by atoms with Crippen LogP contribution < -0.4 is 10.9 Å². The maximum absolute atomic E-state index is 14.1. The van der Waals surface area contributed by atoms with Gasteiger partial charge in [0.05, 0.1) is 5.56 Å². The molecule has 0 aliphatic carbocycles. The summed E-state index contributed by atoms with van der Waals surface area (Å²) in [4.78, 5) is 31.2. The van der Waals surface area contributed by atoms with E-state index in [0.29, 0.717) is 10.9 Å². The third-order valence-electron chi connectivity index (χ3n) is 3.61. The van der Waals surface area contributed by atoms with Crippen LogP contribution in [0.15, 0.2) is 40.8 Å². The molecule has 1 atom stereocenters. The molecule has 0 saturated carbocycles. The number of nitrogens with zero attached hydrogens (tertiary/aromatic N) is 1. The minimum absolute atomic E-state index is 0.0892. The maximum Gasteiger partial charge on any atom is 0.257 e. The van der Waals surface area contributed by atoms with Crippen LogP contribution in [0.2, 0.25) is 0 Å². The molecule has 2 heterocycles. The number of H-pyrrole nitrogens is 1. The first-order valence-corrected chi connectivity index (χ1v) is 8.11. The summed E-state index contributed by atoms with van der Waals surface area (Å²) < 4.78 is 27.2. The van der Waals surface area contributed by atoms with Gasteiger partial charge in [0, 0.05) is 24.2 Å². The van der Waals surface area contributed by atoms with Crippen molar-refractivity contribution in [1.82, 2.24) is 9.97 Å². The van der Waals surface area contributed by atoms with Crippen LogP contribution in [0.1, 0.15) is 23.5 Å². The topological polar surface area (TPSA) is 74.8 Å². The highest BCUT2D eigenvalue weighted by molar-refractivity contribution is 7.99. The zero-order valence-corrected chi connectivity index (χ0v) is 13.3. The molecule has 0 radical (unpaired) electrons. The lowest BCUT2D eigenvalue weighted by molar-refractivity contribution is -0.116. The van der Waals surface area contributed by atoms with Crippen LogP contribution in [0, 0.1) is 11.6 Å². The molecular formula is C16H13F2N3O2S. The molecule has 0 spiro atoms. The van der Waals surface area contributed by atoms with Crippen LogP contribution in [-0.4, -0.2) is 21.6 Å². The van der Waals surface area contributed by atoms with Crippen LogP contribution in [0.4, 0.5) is 14.6 Å². The Labute approximate surface area is 140 Å². The van der Waals surface area contributed by atoms with Crippen molar-refractivity contribution >= 4 is 23.5 Å². The summed E-state index contributed by atoms with van der Waals surface area (Å²) in [5, 5.41) is 2.87. The molecule has 1 aromatic heterocycles. The van der Waals surface area contributed by atoms with E-state index in [-0.39, 0.29) is 29.3 Å². The van der Waals surface area contributed by atoms with Gasteiger partial charge in [-0.1, -0.05) is 23.9 Å². The lowest BCUT2D eigenvalue weighted by atomic mass is 9.86. The van der Waals surface area contributed by atoms with Crippen molar-refractivity contribution in [3.8, 4) is 0 Å². The number of halogens is 2. The quantitative estimate of drug-likeness (QED) is 0.506. The van der Waals surface area contributed by atoms with Crippen LogP contribution in [0.3, 0.4) is 0 Å². The highest BCUT2D eigenvalue weighted by Gasteiger charge is 2.32. The number of hydrogen-bond donors (Lipinski definition) is 2. The van der Waals surface area contributed by atoms with E-state index in [4.69, 9.17) is 0 Å². The van der Waals surface area contributed by atoms with E-state index < -0.39 is 23.1 Å². The molecule has 24 heavy (non-hydrogen) atoms. The summed E-state index contributed by atoms with van der Waals surface area (Å²) in [5.41, 5.74) is -0.199. The van der Waals surface area contributed by atoms with Gasteiger partial charge in [-0.05, 0) is 11.6 Å². The molecule has 0 unspecified atom stereocenters. The molecule has 124 valence electrons. The lowest BCUT2D eigenvalue weighted by Gasteiger charge is -2.24. The first-order chi connectivity index (χ1) is 11.5. The molecule has 2 aromatic rings. The summed E-state index contributed by atoms with van der Waals surface area (Å²) in [6.07, 6.45) is 1.54. The number of fused-ring (bicyclic) bond motifs is 1. The van der Waals surface area contributed by atoms with Gasteiger partial charge < -0.3 is 10.3 Å². The minimum atomic E-state index is -0.816. The molecule has 1 aromatic carbocycles. The Balaban J connectivity index is 2.11. The van der Waals surface area contributed by atoms with Crippen LogP contribution in [0.5, 0.6) is 0 Å². The molecule has 0 saturated heterocycles. The van der Waals surface area contributed by atoms with E-state index in [9.17, 15) is 18.4 Å². The number of rotatable bonds is 4. The normalized spacial score (nSPS) is 16.4. The predicted octanol–water partition coefficient (Wildman–Crippen LogP) is 2.80. The number of benzene rings is 1. The van der Waals surface area contributed by atoms with Gasteiger partial charge in [-0.25, -0.2) is 13.8 Å². The monoisotopic (exact) mass is 349 g/mol. The number of aromatic amines is 1. The third kappa shape index (κ3) is 3.09. The second kappa shape index (κ2) is 6.56. The Kier molecular flexibility index (Phi) is 4.48. The van der Waals surface area contributed by atoms with Crippen LogP contribution in [-0.2, 0) is 4.79 Å². The summed E-state index contributed by atoms with van der Waals surface area (Å²) in [5.74, 6) is -2.08. The highest BCUT2D eigenvalue weighted by Crippen LogP contribution is 2.35. The van der Waals surface area contributed by atoms with E-state index in [1.807, 2.05) is 0 Å².